The summed E-state index contributed by atoms with van der Waals surface area (Å²) < 4.78 is 32.3. The molecule has 3 rings (SSSR count). The van der Waals surface area contributed by atoms with Gasteiger partial charge in [0.1, 0.15) is 0 Å². The van der Waals surface area contributed by atoms with E-state index >= 15 is 0 Å². The molecular weight excluding hydrogens is 314 g/mol. The Bertz CT molecular complexity index is 588. The molecule has 1 aromatic carbocycles. The van der Waals surface area contributed by atoms with Gasteiger partial charge < -0.3 is 9.64 Å². The lowest BCUT2D eigenvalue weighted by Gasteiger charge is -2.35. The van der Waals surface area contributed by atoms with Gasteiger partial charge in [0.15, 0.2) is 11.6 Å². The van der Waals surface area contributed by atoms with Crippen molar-refractivity contribution in [1.82, 2.24) is 9.80 Å². The molecule has 0 radical (unpaired) electrons. The third-order valence-corrected chi connectivity index (χ3v) is 4.92. The number of halogens is 2. The van der Waals surface area contributed by atoms with E-state index in [1.54, 1.807) is 13.0 Å². The van der Waals surface area contributed by atoms with Crippen LogP contribution in [0.1, 0.15) is 25.3 Å². The summed E-state index contributed by atoms with van der Waals surface area (Å²) in [7, 11) is 0. The van der Waals surface area contributed by atoms with Crippen LogP contribution in [0.5, 0.6) is 0 Å². The Labute approximate surface area is 141 Å². The Balaban J connectivity index is 1.44. The van der Waals surface area contributed by atoms with Crippen LogP contribution in [-0.4, -0.2) is 60.6 Å². The number of hydrogen-bond donors (Lipinski definition) is 0. The summed E-state index contributed by atoms with van der Waals surface area (Å²) in [6, 6.07) is 4.05. The first-order valence-electron chi connectivity index (χ1n) is 8.58. The van der Waals surface area contributed by atoms with E-state index < -0.39 is 11.6 Å². The van der Waals surface area contributed by atoms with Gasteiger partial charge in [-0.25, -0.2) is 8.78 Å². The van der Waals surface area contributed by atoms with Gasteiger partial charge in [-0.15, -0.1) is 0 Å². The summed E-state index contributed by atoms with van der Waals surface area (Å²) in [5.74, 6) is -1.47. The number of hydrogen-bond acceptors (Lipinski definition) is 3. The number of carbonyl (C=O) groups is 1. The maximum Gasteiger partial charge on any atom is 0.219 e. The highest BCUT2D eigenvalue weighted by Crippen LogP contribution is 2.24. The van der Waals surface area contributed by atoms with Gasteiger partial charge >= 0.3 is 0 Å². The van der Waals surface area contributed by atoms with Gasteiger partial charge in [0.05, 0.1) is 12.2 Å². The Hall–Kier alpha value is -1.53. The van der Waals surface area contributed by atoms with Crippen LogP contribution in [0.25, 0.3) is 0 Å². The minimum Gasteiger partial charge on any atom is -0.373 e. The third-order valence-electron chi connectivity index (χ3n) is 4.92. The standard InChI is InChI=1S/C18H24F2N2O2/c1-13(23)22-8-6-21(7-9-22)12-16-4-3-15(24-16)10-14-2-5-17(19)18(20)11-14/h2,5,11,15-16H,3-4,6-10,12H2,1H3/t15-,16+/m0/s1. The van der Waals surface area contributed by atoms with Crippen LogP contribution in [0.15, 0.2) is 18.2 Å². The Morgan fingerprint density at radius 2 is 1.83 bits per heavy atom. The molecule has 1 aromatic rings. The SMILES string of the molecule is CC(=O)N1CCN(C[C@H]2CC[C@@H](Cc3ccc(F)c(F)c3)O2)CC1. The third kappa shape index (κ3) is 4.30. The fourth-order valence-electron chi connectivity index (χ4n) is 3.53. The molecule has 0 spiro atoms. The number of ether oxygens (including phenoxy) is 1. The van der Waals surface area contributed by atoms with E-state index in [-0.39, 0.29) is 18.1 Å². The van der Waals surface area contributed by atoms with Gasteiger partial charge in [-0.1, -0.05) is 6.07 Å². The molecule has 0 aromatic heterocycles. The van der Waals surface area contributed by atoms with Crippen LogP contribution in [0.2, 0.25) is 0 Å². The monoisotopic (exact) mass is 338 g/mol. The number of benzene rings is 1. The van der Waals surface area contributed by atoms with Gasteiger partial charge in [0.25, 0.3) is 0 Å². The van der Waals surface area contributed by atoms with E-state index in [0.29, 0.717) is 6.42 Å². The molecule has 132 valence electrons. The normalized spacial score (nSPS) is 25.2. The van der Waals surface area contributed by atoms with Gasteiger partial charge in [-0.2, -0.15) is 0 Å². The Kier molecular flexibility index (Phi) is 5.46. The predicted molar refractivity (Wildman–Crippen MR) is 86.7 cm³/mol. The second-order valence-corrected chi connectivity index (χ2v) is 6.72. The zero-order valence-corrected chi connectivity index (χ0v) is 14.0. The van der Waals surface area contributed by atoms with Crippen molar-refractivity contribution >= 4 is 5.91 Å². The van der Waals surface area contributed by atoms with Crippen molar-refractivity contribution in [3.05, 3.63) is 35.4 Å². The molecule has 2 fully saturated rings. The van der Waals surface area contributed by atoms with E-state index in [0.717, 1.165) is 51.1 Å². The fraction of sp³-hybridized carbons (Fsp3) is 0.611. The lowest BCUT2D eigenvalue weighted by atomic mass is 10.1. The van der Waals surface area contributed by atoms with Crippen molar-refractivity contribution in [1.29, 1.82) is 0 Å². The lowest BCUT2D eigenvalue weighted by Crippen LogP contribution is -2.49. The molecule has 4 nitrogen and oxygen atoms in total. The lowest BCUT2D eigenvalue weighted by molar-refractivity contribution is -0.130. The highest BCUT2D eigenvalue weighted by Gasteiger charge is 2.28. The first-order valence-corrected chi connectivity index (χ1v) is 8.58. The van der Waals surface area contributed by atoms with E-state index in [1.165, 1.54) is 12.1 Å². The van der Waals surface area contributed by atoms with Gasteiger partial charge in [-0.05, 0) is 37.0 Å². The number of rotatable bonds is 4. The molecule has 0 N–H and O–H groups in total. The highest BCUT2D eigenvalue weighted by molar-refractivity contribution is 5.73. The molecule has 2 saturated heterocycles. The number of piperazine rings is 1. The molecule has 1 amide bonds. The van der Waals surface area contributed by atoms with E-state index in [4.69, 9.17) is 4.74 Å². The molecule has 2 heterocycles. The van der Waals surface area contributed by atoms with Crippen LogP contribution in [-0.2, 0) is 16.0 Å². The van der Waals surface area contributed by atoms with E-state index in [1.807, 2.05) is 4.90 Å². The summed E-state index contributed by atoms with van der Waals surface area (Å²) in [4.78, 5) is 15.6. The molecule has 2 aliphatic heterocycles. The summed E-state index contributed by atoms with van der Waals surface area (Å²) in [5, 5.41) is 0. The summed E-state index contributed by atoms with van der Waals surface area (Å²) in [6.45, 7) is 5.81. The summed E-state index contributed by atoms with van der Waals surface area (Å²) in [5.41, 5.74) is 0.773. The first-order chi connectivity index (χ1) is 11.5. The summed E-state index contributed by atoms with van der Waals surface area (Å²) >= 11 is 0. The largest absolute Gasteiger partial charge is 0.373 e. The van der Waals surface area contributed by atoms with Crippen LogP contribution in [0.4, 0.5) is 8.78 Å². The maximum atomic E-state index is 13.3. The van der Waals surface area contributed by atoms with Gasteiger partial charge in [0.2, 0.25) is 5.91 Å². The fourth-order valence-corrected chi connectivity index (χ4v) is 3.53. The van der Waals surface area contributed by atoms with Crippen LogP contribution in [0, 0.1) is 11.6 Å². The van der Waals surface area contributed by atoms with E-state index in [9.17, 15) is 13.6 Å². The minimum absolute atomic E-state index is 0.0679. The van der Waals surface area contributed by atoms with Crippen molar-refractivity contribution < 1.29 is 18.3 Å². The highest BCUT2D eigenvalue weighted by atomic mass is 19.2. The van der Waals surface area contributed by atoms with Crippen molar-refractivity contribution in [2.24, 2.45) is 0 Å². The molecule has 2 atom stereocenters. The topological polar surface area (TPSA) is 32.8 Å². The average molecular weight is 338 g/mol. The number of carbonyl (C=O) groups excluding carboxylic acids is 1. The minimum atomic E-state index is -0.811. The van der Waals surface area contributed by atoms with Crippen molar-refractivity contribution in [3.63, 3.8) is 0 Å². The molecule has 6 heteroatoms. The second-order valence-electron chi connectivity index (χ2n) is 6.72. The first kappa shape index (κ1) is 17.3. The Morgan fingerprint density at radius 1 is 1.12 bits per heavy atom. The molecular formula is C18H24F2N2O2. The zero-order chi connectivity index (χ0) is 17.1. The number of amides is 1. The molecule has 0 unspecified atom stereocenters. The molecule has 0 aliphatic carbocycles. The van der Waals surface area contributed by atoms with Gasteiger partial charge in [0, 0.05) is 39.6 Å². The molecule has 24 heavy (non-hydrogen) atoms. The molecule has 0 bridgehead atoms. The average Bonchev–Trinajstić information content (AvgIpc) is 2.98. The molecule has 0 saturated carbocycles. The van der Waals surface area contributed by atoms with Crippen LogP contribution >= 0.6 is 0 Å². The van der Waals surface area contributed by atoms with Crippen molar-refractivity contribution in [3.8, 4) is 0 Å². The zero-order valence-electron chi connectivity index (χ0n) is 14.0. The summed E-state index contributed by atoms with van der Waals surface area (Å²) in [6.07, 6.45) is 2.80. The second kappa shape index (κ2) is 7.57. The number of nitrogens with zero attached hydrogens (tertiary/aromatic N) is 2. The van der Waals surface area contributed by atoms with Crippen LogP contribution in [0.3, 0.4) is 0 Å². The van der Waals surface area contributed by atoms with Crippen molar-refractivity contribution in [2.75, 3.05) is 32.7 Å². The van der Waals surface area contributed by atoms with Crippen molar-refractivity contribution in [2.45, 2.75) is 38.4 Å². The smallest absolute Gasteiger partial charge is 0.219 e. The Morgan fingerprint density at radius 3 is 2.50 bits per heavy atom. The van der Waals surface area contributed by atoms with Gasteiger partial charge in [-0.3, -0.25) is 9.69 Å². The maximum absolute atomic E-state index is 13.3. The van der Waals surface area contributed by atoms with E-state index in [2.05, 4.69) is 4.90 Å². The quantitative estimate of drug-likeness (QED) is 0.844. The predicted octanol–water partition coefficient (Wildman–Crippen LogP) is 2.22. The van der Waals surface area contributed by atoms with Crippen LogP contribution < -0.4 is 0 Å². The molecule has 2 aliphatic rings.